The SMILES string of the molecule is CCC(C)(C)C(=O)OC1CCCCC1.CCC(C)(C)C(=O)OCCOC.CCOC. The molecular weight excluding hydrogens is 384 g/mol. The normalized spacial score (nSPS) is 14.6. The summed E-state index contributed by atoms with van der Waals surface area (Å²) in [6, 6.07) is 0. The van der Waals surface area contributed by atoms with Gasteiger partial charge >= 0.3 is 11.9 Å². The van der Waals surface area contributed by atoms with Gasteiger partial charge in [0.2, 0.25) is 0 Å². The molecule has 0 atom stereocenters. The van der Waals surface area contributed by atoms with Gasteiger partial charge in [-0.2, -0.15) is 0 Å². The standard InChI is InChI=1S/C12H22O2.C9H18O3.C3H8O/c1-4-12(2,3)11(13)14-10-8-6-5-7-9-10;1-5-9(2,3)8(10)12-7-6-11-4;1-3-4-2/h10H,4-9H2,1-3H3;5-7H2,1-4H3;3H2,1-2H3. The summed E-state index contributed by atoms with van der Waals surface area (Å²) >= 11 is 0. The number of carbonyl (C=O) groups is 2. The van der Waals surface area contributed by atoms with Crippen LogP contribution in [0.3, 0.4) is 0 Å². The van der Waals surface area contributed by atoms with Gasteiger partial charge in [-0.15, -0.1) is 0 Å². The summed E-state index contributed by atoms with van der Waals surface area (Å²) in [5.74, 6) is -0.172. The van der Waals surface area contributed by atoms with Crippen molar-refractivity contribution in [1.82, 2.24) is 0 Å². The van der Waals surface area contributed by atoms with Crippen molar-refractivity contribution in [1.29, 1.82) is 0 Å². The molecule has 30 heavy (non-hydrogen) atoms. The lowest BCUT2D eigenvalue weighted by molar-refractivity contribution is -0.161. The van der Waals surface area contributed by atoms with Crippen LogP contribution in [-0.4, -0.2) is 52.1 Å². The average Bonchev–Trinajstić information content (AvgIpc) is 2.75. The summed E-state index contributed by atoms with van der Waals surface area (Å²) in [6.07, 6.45) is 7.68. The zero-order valence-electron chi connectivity index (χ0n) is 21.1. The summed E-state index contributed by atoms with van der Waals surface area (Å²) in [6.45, 7) is 15.3. The zero-order valence-corrected chi connectivity index (χ0v) is 21.1. The van der Waals surface area contributed by atoms with Crippen molar-refractivity contribution < 1.29 is 28.5 Å². The molecular formula is C24H48O6. The Morgan fingerprint density at radius 2 is 1.23 bits per heavy atom. The second kappa shape index (κ2) is 17.5. The molecule has 0 unspecified atom stereocenters. The number of hydrogen-bond donors (Lipinski definition) is 0. The average molecular weight is 433 g/mol. The Labute approximate surface area is 185 Å². The molecule has 0 aromatic carbocycles. The molecule has 1 aliphatic carbocycles. The van der Waals surface area contributed by atoms with Gasteiger partial charge in [-0.05, 0) is 73.1 Å². The van der Waals surface area contributed by atoms with Crippen LogP contribution in [0.5, 0.6) is 0 Å². The highest BCUT2D eigenvalue weighted by atomic mass is 16.6. The van der Waals surface area contributed by atoms with E-state index in [4.69, 9.17) is 14.2 Å². The lowest BCUT2D eigenvalue weighted by atomic mass is 9.90. The molecule has 1 saturated carbocycles. The van der Waals surface area contributed by atoms with Crippen molar-refractivity contribution in [3.63, 3.8) is 0 Å². The van der Waals surface area contributed by atoms with Gasteiger partial charge in [0.05, 0.1) is 17.4 Å². The summed E-state index contributed by atoms with van der Waals surface area (Å²) in [7, 11) is 3.26. The molecule has 6 nitrogen and oxygen atoms in total. The fourth-order valence-corrected chi connectivity index (χ4v) is 2.20. The Balaban J connectivity index is 0. The minimum atomic E-state index is -0.367. The minimum Gasteiger partial charge on any atom is -0.463 e. The largest absolute Gasteiger partial charge is 0.463 e. The van der Waals surface area contributed by atoms with Crippen LogP contribution in [0.2, 0.25) is 0 Å². The van der Waals surface area contributed by atoms with Gasteiger partial charge in [0.25, 0.3) is 0 Å². The maximum absolute atomic E-state index is 11.7. The van der Waals surface area contributed by atoms with Gasteiger partial charge < -0.3 is 18.9 Å². The van der Waals surface area contributed by atoms with Crippen molar-refractivity contribution in [2.24, 2.45) is 10.8 Å². The van der Waals surface area contributed by atoms with Gasteiger partial charge in [-0.3, -0.25) is 9.59 Å². The third-order valence-corrected chi connectivity index (χ3v) is 5.51. The Kier molecular flexibility index (Phi) is 18.1. The van der Waals surface area contributed by atoms with Crippen LogP contribution < -0.4 is 0 Å². The van der Waals surface area contributed by atoms with E-state index in [0.29, 0.717) is 13.2 Å². The van der Waals surface area contributed by atoms with Gasteiger partial charge in [0.1, 0.15) is 12.7 Å². The van der Waals surface area contributed by atoms with E-state index in [2.05, 4.69) is 4.74 Å². The number of ether oxygens (including phenoxy) is 4. The summed E-state index contributed by atoms with van der Waals surface area (Å²) in [4.78, 5) is 23.0. The van der Waals surface area contributed by atoms with Crippen molar-refractivity contribution in [2.75, 3.05) is 34.0 Å². The van der Waals surface area contributed by atoms with Crippen LogP contribution in [0.15, 0.2) is 0 Å². The smallest absolute Gasteiger partial charge is 0.311 e. The lowest BCUT2D eigenvalue weighted by Crippen LogP contribution is -2.31. The highest BCUT2D eigenvalue weighted by Crippen LogP contribution is 2.26. The van der Waals surface area contributed by atoms with E-state index in [-0.39, 0.29) is 28.9 Å². The second-order valence-electron chi connectivity index (χ2n) is 8.85. The first-order valence-corrected chi connectivity index (χ1v) is 11.4. The van der Waals surface area contributed by atoms with Gasteiger partial charge in [0, 0.05) is 20.8 Å². The van der Waals surface area contributed by atoms with E-state index < -0.39 is 0 Å². The second-order valence-corrected chi connectivity index (χ2v) is 8.85. The molecule has 1 rings (SSSR count). The molecule has 0 amide bonds. The van der Waals surface area contributed by atoms with Gasteiger partial charge in [-0.1, -0.05) is 20.3 Å². The molecule has 180 valence electrons. The van der Waals surface area contributed by atoms with Crippen molar-refractivity contribution in [3.8, 4) is 0 Å². The fraction of sp³-hybridized carbons (Fsp3) is 0.917. The van der Waals surface area contributed by atoms with Crippen LogP contribution in [-0.2, 0) is 28.5 Å². The van der Waals surface area contributed by atoms with Gasteiger partial charge in [-0.25, -0.2) is 0 Å². The topological polar surface area (TPSA) is 71.1 Å². The predicted molar refractivity (Wildman–Crippen MR) is 121 cm³/mol. The maximum Gasteiger partial charge on any atom is 0.311 e. The number of hydrogen-bond acceptors (Lipinski definition) is 6. The van der Waals surface area contributed by atoms with Crippen molar-refractivity contribution in [3.05, 3.63) is 0 Å². The van der Waals surface area contributed by atoms with E-state index in [1.165, 1.54) is 19.3 Å². The Morgan fingerprint density at radius 3 is 1.63 bits per heavy atom. The third-order valence-electron chi connectivity index (χ3n) is 5.51. The molecule has 0 aliphatic heterocycles. The predicted octanol–water partition coefficient (Wildman–Crippen LogP) is 5.56. The molecule has 1 fully saturated rings. The van der Waals surface area contributed by atoms with Crippen LogP contribution >= 0.6 is 0 Å². The van der Waals surface area contributed by atoms with Gasteiger partial charge in [0.15, 0.2) is 0 Å². The summed E-state index contributed by atoms with van der Waals surface area (Å²) in [5.41, 5.74) is -0.675. The molecule has 0 saturated heterocycles. The highest BCUT2D eigenvalue weighted by molar-refractivity contribution is 5.76. The zero-order chi connectivity index (χ0) is 23.6. The third kappa shape index (κ3) is 14.8. The number of carbonyl (C=O) groups excluding carboxylic acids is 2. The molecule has 0 heterocycles. The van der Waals surface area contributed by atoms with E-state index >= 15 is 0 Å². The Bertz CT molecular complexity index is 437. The monoisotopic (exact) mass is 432 g/mol. The Morgan fingerprint density at radius 1 is 0.767 bits per heavy atom. The molecule has 1 aliphatic rings. The van der Waals surface area contributed by atoms with E-state index in [1.807, 2.05) is 48.5 Å². The molecule has 0 N–H and O–H groups in total. The van der Waals surface area contributed by atoms with E-state index in [0.717, 1.165) is 32.3 Å². The molecule has 0 aromatic heterocycles. The molecule has 0 bridgehead atoms. The minimum absolute atomic E-state index is 0.0214. The number of rotatable bonds is 9. The summed E-state index contributed by atoms with van der Waals surface area (Å²) in [5, 5.41) is 0. The van der Waals surface area contributed by atoms with Crippen LogP contribution in [0, 0.1) is 10.8 Å². The quantitative estimate of drug-likeness (QED) is 0.351. The van der Waals surface area contributed by atoms with Crippen molar-refractivity contribution >= 4 is 11.9 Å². The van der Waals surface area contributed by atoms with Crippen molar-refractivity contribution in [2.45, 2.75) is 99.5 Å². The first-order valence-electron chi connectivity index (χ1n) is 11.4. The fourth-order valence-electron chi connectivity index (χ4n) is 2.20. The lowest BCUT2D eigenvalue weighted by Gasteiger charge is -2.27. The number of methoxy groups -OCH3 is 2. The summed E-state index contributed by atoms with van der Waals surface area (Å²) < 4.78 is 19.8. The van der Waals surface area contributed by atoms with E-state index in [1.54, 1.807) is 14.2 Å². The first kappa shape index (κ1) is 31.0. The Hall–Kier alpha value is -1.14. The molecule has 0 radical (unpaired) electrons. The number of esters is 2. The van der Waals surface area contributed by atoms with Crippen LogP contribution in [0.25, 0.3) is 0 Å². The highest BCUT2D eigenvalue weighted by Gasteiger charge is 2.30. The van der Waals surface area contributed by atoms with Crippen LogP contribution in [0.4, 0.5) is 0 Å². The molecule has 0 spiro atoms. The maximum atomic E-state index is 11.7. The van der Waals surface area contributed by atoms with Crippen LogP contribution in [0.1, 0.15) is 93.4 Å². The molecule has 0 aromatic rings. The molecule has 6 heteroatoms. The van der Waals surface area contributed by atoms with E-state index in [9.17, 15) is 9.59 Å². The first-order chi connectivity index (χ1) is 14.0.